The van der Waals surface area contributed by atoms with Gasteiger partial charge in [-0.15, -0.1) is 0 Å². The highest BCUT2D eigenvalue weighted by atomic mass is 15.1. The molecular formula is C73H68N6. The van der Waals surface area contributed by atoms with E-state index in [1.807, 2.05) is 12.1 Å². The van der Waals surface area contributed by atoms with Gasteiger partial charge in [-0.05, 0) is 96.5 Å². The summed E-state index contributed by atoms with van der Waals surface area (Å²) in [5.41, 5.74) is 15.6. The first-order chi connectivity index (χ1) is 39.0. The molecule has 9 aromatic carbocycles. The van der Waals surface area contributed by atoms with Crippen LogP contribution in [0.25, 0.3) is 117 Å². The summed E-state index contributed by atoms with van der Waals surface area (Å²) in [6.07, 6.45) is 12.0. The molecule has 4 aromatic heterocycles. The van der Waals surface area contributed by atoms with Crippen LogP contribution in [0.1, 0.15) is 90.2 Å². The molecule has 0 saturated heterocycles. The van der Waals surface area contributed by atoms with Crippen LogP contribution < -0.4 is 0 Å². The minimum atomic E-state index is 0.599. The summed E-state index contributed by atoms with van der Waals surface area (Å²) in [7, 11) is 0. The number of aromatic nitrogens is 6. The van der Waals surface area contributed by atoms with E-state index in [0.29, 0.717) is 29.3 Å². The molecule has 13 rings (SSSR count). The Morgan fingerprint density at radius 2 is 0.671 bits per heavy atom. The second kappa shape index (κ2) is 21.7. The minimum Gasteiger partial charge on any atom is -0.307 e. The third-order valence-electron chi connectivity index (χ3n) is 16.9. The van der Waals surface area contributed by atoms with Gasteiger partial charge in [-0.1, -0.05) is 225 Å². The summed E-state index contributed by atoms with van der Waals surface area (Å²) in [6, 6.07) is 75.8. The summed E-state index contributed by atoms with van der Waals surface area (Å²) in [5.74, 6) is 3.13. The Balaban J connectivity index is 1.20. The average molecular weight is 1030 g/mol. The van der Waals surface area contributed by atoms with Crippen LogP contribution in [0, 0.1) is 11.8 Å². The summed E-state index contributed by atoms with van der Waals surface area (Å²) < 4.78 is 7.64. The molecule has 0 bridgehead atoms. The number of para-hydroxylation sites is 4. The van der Waals surface area contributed by atoms with Gasteiger partial charge in [-0.2, -0.15) is 0 Å². The first-order valence-corrected chi connectivity index (χ1v) is 29.1. The molecule has 2 atom stereocenters. The van der Waals surface area contributed by atoms with Gasteiger partial charge in [-0.25, -0.2) is 15.0 Å². The molecule has 0 aliphatic carbocycles. The molecule has 0 spiro atoms. The zero-order chi connectivity index (χ0) is 53.4. The molecule has 0 aliphatic rings. The molecule has 0 fully saturated rings. The summed E-state index contributed by atoms with van der Waals surface area (Å²) in [5, 5.41) is 7.39. The van der Waals surface area contributed by atoms with Gasteiger partial charge in [0.15, 0.2) is 17.5 Å². The lowest BCUT2D eigenvalue weighted by atomic mass is 9.90. The van der Waals surface area contributed by atoms with Gasteiger partial charge in [-0.3, -0.25) is 0 Å². The van der Waals surface area contributed by atoms with E-state index >= 15 is 0 Å². The summed E-state index contributed by atoms with van der Waals surface area (Å²) in [4.78, 5) is 16.1. The van der Waals surface area contributed by atoms with Crippen molar-refractivity contribution in [2.45, 2.75) is 91.9 Å². The van der Waals surface area contributed by atoms with E-state index in [4.69, 9.17) is 15.0 Å². The summed E-state index contributed by atoms with van der Waals surface area (Å²) >= 11 is 0. The molecule has 390 valence electrons. The second-order valence-corrected chi connectivity index (χ2v) is 21.9. The predicted molar refractivity (Wildman–Crippen MR) is 333 cm³/mol. The van der Waals surface area contributed by atoms with Gasteiger partial charge < -0.3 is 13.7 Å². The third-order valence-corrected chi connectivity index (χ3v) is 16.9. The van der Waals surface area contributed by atoms with E-state index in [1.165, 1.54) is 106 Å². The fourth-order valence-corrected chi connectivity index (χ4v) is 12.8. The van der Waals surface area contributed by atoms with Crippen molar-refractivity contribution in [3.8, 4) is 51.2 Å². The maximum atomic E-state index is 5.46. The van der Waals surface area contributed by atoms with E-state index in [0.717, 1.165) is 68.7 Å². The number of nitrogens with zero attached hydrogens (tertiary/aromatic N) is 6. The number of hydrogen-bond donors (Lipinski definition) is 0. The van der Waals surface area contributed by atoms with Gasteiger partial charge in [0.25, 0.3) is 0 Å². The quantitative estimate of drug-likeness (QED) is 0.0860. The molecule has 6 nitrogen and oxygen atoms in total. The lowest BCUT2D eigenvalue weighted by Crippen LogP contribution is -2.11. The van der Waals surface area contributed by atoms with E-state index in [9.17, 15) is 0 Å². The highest BCUT2D eigenvalue weighted by Gasteiger charge is 2.28. The zero-order valence-corrected chi connectivity index (χ0v) is 46.0. The molecule has 0 radical (unpaired) electrons. The maximum Gasteiger partial charge on any atom is 0.164 e. The number of hydrogen-bond acceptors (Lipinski definition) is 3. The molecule has 79 heavy (non-hydrogen) atoms. The maximum absolute atomic E-state index is 5.46. The molecule has 13 aromatic rings. The van der Waals surface area contributed by atoms with Crippen LogP contribution in [0.5, 0.6) is 0 Å². The van der Waals surface area contributed by atoms with Crippen molar-refractivity contribution in [2.24, 2.45) is 11.8 Å². The zero-order valence-electron chi connectivity index (χ0n) is 46.0. The fraction of sp³-hybridized carbons (Fsp3) is 0.219. The van der Waals surface area contributed by atoms with Crippen LogP contribution in [-0.2, 0) is 12.8 Å². The highest BCUT2D eigenvalue weighted by molar-refractivity contribution is 6.14. The Labute approximate surface area is 464 Å². The third kappa shape index (κ3) is 9.17. The van der Waals surface area contributed by atoms with Crippen molar-refractivity contribution in [1.82, 2.24) is 28.7 Å². The first-order valence-electron chi connectivity index (χ1n) is 29.1. The van der Waals surface area contributed by atoms with E-state index in [-0.39, 0.29) is 0 Å². The normalized spacial score (nSPS) is 12.7. The number of unbranched alkanes of at least 4 members (excludes halogenated alkanes) is 2. The standard InChI is InChI=1S/C73H68N6/c1-5-9-25-49(7-3)43-51-39-41-66-60(45-51)61-46-52(44-50(8-4)26-10-6-2)40-42-67(61)79(66)70-68(77-62-35-21-17-31-56(62)57-32-18-22-36-63(57)77)47-55(48-69(70)78-64-37-23-19-33-58(64)59-34-20-24-38-65(59)78)73-75-71(53-27-13-11-14-28-53)74-72(76-73)54-29-15-12-16-30-54/h11-24,27-42,45-50H,5-10,25-26,43-44H2,1-4H3. The van der Waals surface area contributed by atoms with E-state index in [2.05, 4.69) is 236 Å². The molecular weight excluding hydrogens is 961 g/mol. The van der Waals surface area contributed by atoms with Crippen molar-refractivity contribution in [2.75, 3.05) is 0 Å². The molecule has 6 heteroatoms. The highest BCUT2D eigenvalue weighted by Crippen LogP contribution is 2.45. The molecule has 4 heterocycles. The van der Waals surface area contributed by atoms with Gasteiger partial charge in [0, 0.05) is 49.0 Å². The molecule has 0 saturated carbocycles. The van der Waals surface area contributed by atoms with Crippen LogP contribution >= 0.6 is 0 Å². The Kier molecular flexibility index (Phi) is 13.7. The van der Waals surface area contributed by atoms with Crippen molar-refractivity contribution < 1.29 is 0 Å². The SMILES string of the molecule is CCCCC(CC)Cc1ccc2c(c1)c1cc(CC(CC)CCCC)ccc1n2-c1c(-n2c3ccccc3c3ccccc32)cc(-c2nc(-c3ccccc3)nc(-c3ccccc3)n2)cc1-n1c2ccccc2c2ccccc21. The molecule has 0 aliphatic heterocycles. The monoisotopic (exact) mass is 1030 g/mol. The van der Waals surface area contributed by atoms with E-state index < -0.39 is 0 Å². The van der Waals surface area contributed by atoms with Crippen molar-refractivity contribution in [3.05, 3.63) is 217 Å². The van der Waals surface area contributed by atoms with Crippen molar-refractivity contribution >= 4 is 65.4 Å². The van der Waals surface area contributed by atoms with Crippen molar-refractivity contribution in [1.29, 1.82) is 0 Å². The van der Waals surface area contributed by atoms with Gasteiger partial charge in [0.05, 0.1) is 50.2 Å². The molecule has 0 amide bonds. The van der Waals surface area contributed by atoms with Crippen LogP contribution in [-0.4, -0.2) is 28.7 Å². The smallest absolute Gasteiger partial charge is 0.164 e. The van der Waals surface area contributed by atoms with Crippen LogP contribution in [0.4, 0.5) is 0 Å². The molecule has 2 unspecified atom stereocenters. The number of fused-ring (bicyclic) bond motifs is 9. The predicted octanol–water partition coefficient (Wildman–Crippen LogP) is 19.7. The Morgan fingerprint density at radius 3 is 1.04 bits per heavy atom. The fourth-order valence-electron chi connectivity index (χ4n) is 12.8. The van der Waals surface area contributed by atoms with Gasteiger partial charge in [0.2, 0.25) is 0 Å². The minimum absolute atomic E-state index is 0.599. The lowest BCUT2D eigenvalue weighted by molar-refractivity contribution is 0.449. The Morgan fingerprint density at radius 1 is 0.329 bits per heavy atom. The summed E-state index contributed by atoms with van der Waals surface area (Å²) in [6.45, 7) is 9.38. The second-order valence-electron chi connectivity index (χ2n) is 21.9. The van der Waals surface area contributed by atoms with Gasteiger partial charge >= 0.3 is 0 Å². The largest absolute Gasteiger partial charge is 0.307 e. The van der Waals surface area contributed by atoms with Crippen LogP contribution in [0.3, 0.4) is 0 Å². The lowest BCUT2D eigenvalue weighted by Gasteiger charge is -2.23. The van der Waals surface area contributed by atoms with Gasteiger partial charge in [0.1, 0.15) is 0 Å². The van der Waals surface area contributed by atoms with E-state index in [1.54, 1.807) is 0 Å². The van der Waals surface area contributed by atoms with Crippen LogP contribution in [0.15, 0.2) is 206 Å². The number of benzene rings is 9. The Hall–Kier alpha value is -8.61. The van der Waals surface area contributed by atoms with Crippen molar-refractivity contribution in [3.63, 3.8) is 0 Å². The molecule has 0 N–H and O–H groups in total. The first kappa shape index (κ1) is 49.9. The van der Waals surface area contributed by atoms with Crippen LogP contribution in [0.2, 0.25) is 0 Å². The number of rotatable bonds is 18. The average Bonchev–Trinajstić information content (AvgIpc) is 4.25. The topological polar surface area (TPSA) is 53.5 Å². The Bertz CT molecular complexity index is 3960.